The molecule has 3 N–H and O–H groups in total. The van der Waals surface area contributed by atoms with E-state index in [4.69, 9.17) is 10.5 Å². The van der Waals surface area contributed by atoms with E-state index >= 15 is 4.39 Å². The molecule has 7 nitrogen and oxygen atoms in total. The number of halogens is 2. The molecular weight excluding hydrogens is 402 g/mol. The molecule has 0 amide bonds. The van der Waals surface area contributed by atoms with Gasteiger partial charge in [0.05, 0.1) is 22.0 Å². The Hall–Kier alpha value is -2.85. The molecule has 10 heteroatoms. The molecule has 1 aromatic heterocycles. The SMILES string of the molecule is Nc1ncc2cc(-c3c(F)ccc(NS(=O)(=O)C4CCOCC4)c3F)ccc2n1. The van der Waals surface area contributed by atoms with E-state index in [0.717, 1.165) is 12.1 Å². The van der Waals surface area contributed by atoms with Gasteiger partial charge in [-0.1, -0.05) is 6.07 Å². The average Bonchev–Trinajstić information content (AvgIpc) is 2.71. The molecule has 2 aromatic carbocycles. The van der Waals surface area contributed by atoms with Crippen molar-refractivity contribution in [2.24, 2.45) is 0 Å². The molecular formula is C19H18F2N4O3S. The Kier molecular flexibility index (Phi) is 5.05. The first-order valence-electron chi connectivity index (χ1n) is 8.95. The predicted molar refractivity (Wildman–Crippen MR) is 106 cm³/mol. The summed E-state index contributed by atoms with van der Waals surface area (Å²) in [5.74, 6) is -1.71. The number of fused-ring (bicyclic) bond motifs is 1. The minimum Gasteiger partial charge on any atom is -0.381 e. The molecule has 1 aliphatic rings. The number of nitrogens with one attached hydrogen (secondary N) is 1. The normalized spacial score (nSPS) is 15.5. The second kappa shape index (κ2) is 7.53. The van der Waals surface area contributed by atoms with Gasteiger partial charge in [0, 0.05) is 24.8 Å². The van der Waals surface area contributed by atoms with E-state index < -0.39 is 26.9 Å². The molecule has 0 radical (unpaired) electrons. The summed E-state index contributed by atoms with van der Waals surface area (Å²) in [6, 6.07) is 6.69. The molecule has 1 fully saturated rings. The van der Waals surface area contributed by atoms with Crippen LogP contribution in [0, 0.1) is 11.6 Å². The van der Waals surface area contributed by atoms with Crippen LogP contribution in [0.25, 0.3) is 22.0 Å². The van der Waals surface area contributed by atoms with Crippen LogP contribution in [0.3, 0.4) is 0 Å². The van der Waals surface area contributed by atoms with E-state index in [0.29, 0.717) is 37.0 Å². The number of nitrogen functional groups attached to an aromatic ring is 1. The number of hydrogen-bond acceptors (Lipinski definition) is 6. The van der Waals surface area contributed by atoms with Crippen LogP contribution in [0.1, 0.15) is 12.8 Å². The third kappa shape index (κ3) is 3.85. The van der Waals surface area contributed by atoms with Crippen molar-refractivity contribution in [3.8, 4) is 11.1 Å². The fraction of sp³-hybridized carbons (Fsp3) is 0.263. The first-order chi connectivity index (χ1) is 13.8. The van der Waals surface area contributed by atoms with Crippen LogP contribution in [-0.4, -0.2) is 36.8 Å². The number of sulfonamides is 1. The van der Waals surface area contributed by atoms with Crippen molar-refractivity contribution >= 4 is 32.6 Å². The zero-order chi connectivity index (χ0) is 20.6. The maximum atomic E-state index is 15.1. The Bertz CT molecular complexity index is 1180. The minimum absolute atomic E-state index is 0.0899. The number of ether oxygens (including phenoxy) is 1. The Morgan fingerprint density at radius 3 is 2.66 bits per heavy atom. The molecule has 3 aromatic rings. The molecule has 29 heavy (non-hydrogen) atoms. The lowest BCUT2D eigenvalue weighted by molar-refractivity contribution is 0.0984. The van der Waals surface area contributed by atoms with Gasteiger partial charge in [-0.15, -0.1) is 0 Å². The van der Waals surface area contributed by atoms with Crippen LogP contribution >= 0.6 is 0 Å². The van der Waals surface area contributed by atoms with Crippen LogP contribution in [-0.2, 0) is 14.8 Å². The lowest BCUT2D eigenvalue weighted by Crippen LogP contribution is -2.33. The van der Waals surface area contributed by atoms with Crippen molar-refractivity contribution < 1.29 is 21.9 Å². The van der Waals surface area contributed by atoms with Crippen LogP contribution in [0.5, 0.6) is 0 Å². The molecule has 2 heterocycles. The Balaban J connectivity index is 1.73. The van der Waals surface area contributed by atoms with E-state index in [-0.39, 0.29) is 22.8 Å². The molecule has 152 valence electrons. The molecule has 0 bridgehead atoms. The summed E-state index contributed by atoms with van der Waals surface area (Å²) in [7, 11) is -3.84. The van der Waals surface area contributed by atoms with Crippen molar-refractivity contribution in [3.05, 3.63) is 48.2 Å². The average molecular weight is 420 g/mol. The highest BCUT2D eigenvalue weighted by atomic mass is 32.2. The second-order valence-electron chi connectivity index (χ2n) is 6.74. The lowest BCUT2D eigenvalue weighted by atomic mass is 10.0. The molecule has 0 unspecified atom stereocenters. The number of benzene rings is 2. The third-order valence-electron chi connectivity index (χ3n) is 4.84. The topological polar surface area (TPSA) is 107 Å². The molecule has 0 spiro atoms. The maximum absolute atomic E-state index is 15.1. The Morgan fingerprint density at radius 2 is 1.90 bits per heavy atom. The first kappa shape index (κ1) is 19.5. The number of nitrogens with zero attached hydrogens (tertiary/aromatic N) is 2. The van der Waals surface area contributed by atoms with E-state index in [1.54, 1.807) is 6.07 Å². The molecule has 0 saturated carbocycles. The largest absolute Gasteiger partial charge is 0.381 e. The van der Waals surface area contributed by atoms with Crippen molar-refractivity contribution in [2.45, 2.75) is 18.1 Å². The summed E-state index contributed by atoms with van der Waals surface area (Å²) >= 11 is 0. The van der Waals surface area contributed by atoms with E-state index in [1.807, 2.05) is 0 Å². The number of aromatic nitrogens is 2. The predicted octanol–water partition coefficient (Wildman–Crippen LogP) is 3.08. The van der Waals surface area contributed by atoms with Crippen LogP contribution < -0.4 is 10.5 Å². The van der Waals surface area contributed by atoms with Gasteiger partial charge in [-0.2, -0.15) is 0 Å². The number of hydrogen-bond donors (Lipinski definition) is 2. The van der Waals surface area contributed by atoms with Gasteiger partial charge in [-0.3, -0.25) is 4.72 Å². The monoisotopic (exact) mass is 420 g/mol. The summed E-state index contributed by atoms with van der Waals surface area (Å²) in [4.78, 5) is 7.93. The van der Waals surface area contributed by atoms with Crippen molar-refractivity contribution in [1.29, 1.82) is 0 Å². The Labute approximate surface area is 166 Å². The van der Waals surface area contributed by atoms with Crippen LogP contribution in [0.4, 0.5) is 20.4 Å². The van der Waals surface area contributed by atoms with Gasteiger partial charge in [-0.05, 0) is 42.7 Å². The van der Waals surface area contributed by atoms with Crippen LogP contribution in [0.2, 0.25) is 0 Å². The zero-order valence-electron chi connectivity index (χ0n) is 15.2. The van der Waals surface area contributed by atoms with Gasteiger partial charge < -0.3 is 10.5 Å². The highest BCUT2D eigenvalue weighted by Gasteiger charge is 2.29. The zero-order valence-corrected chi connectivity index (χ0v) is 16.0. The van der Waals surface area contributed by atoms with Crippen molar-refractivity contribution in [3.63, 3.8) is 0 Å². The van der Waals surface area contributed by atoms with Gasteiger partial charge in [0.2, 0.25) is 16.0 Å². The number of rotatable bonds is 4. The highest BCUT2D eigenvalue weighted by Crippen LogP contribution is 2.33. The van der Waals surface area contributed by atoms with E-state index in [2.05, 4.69) is 14.7 Å². The summed E-state index contributed by atoms with van der Waals surface area (Å²) < 4.78 is 62.2. The van der Waals surface area contributed by atoms with Gasteiger partial charge >= 0.3 is 0 Å². The molecule has 1 aliphatic heterocycles. The second-order valence-corrected chi connectivity index (χ2v) is 8.71. The summed E-state index contributed by atoms with van der Waals surface area (Å²) in [6.07, 6.45) is 2.09. The third-order valence-corrected chi connectivity index (χ3v) is 6.69. The van der Waals surface area contributed by atoms with Gasteiger partial charge in [0.25, 0.3) is 0 Å². The smallest absolute Gasteiger partial charge is 0.235 e. The Morgan fingerprint density at radius 1 is 1.14 bits per heavy atom. The summed E-state index contributed by atoms with van der Waals surface area (Å²) in [6.45, 7) is 0.652. The lowest BCUT2D eigenvalue weighted by Gasteiger charge is -2.23. The summed E-state index contributed by atoms with van der Waals surface area (Å²) in [5.41, 5.74) is 5.66. The summed E-state index contributed by atoms with van der Waals surface area (Å²) in [5, 5.41) is -0.142. The minimum atomic E-state index is -3.84. The number of nitrogens with two attached hydrogens (primary N) is 1. The van der Waals surface area contributed by atoms with Gasteiger partial charge in [0.15, 0.2) is 5.82 Å². The molecule has 1 saturated heterocycles. The van der Waals surface area contributed by atoms with Crippen molar-refractivity contribution in [2.75, 3.05) is 23.7 Å². The van der Waals surface area contributed by atoms with E-state index in [9.17, 15) is 12.8 Å². The first-order valence-corrected chi connectivity index (χ1v) is 10.5. The fourth-order valence-corrected chi connectivity index (χ4v) is 4.77. The van der Waals surface area contributed by atoms with Gasteiger partial charge in [0.1, 0.15) is 5.82 Å². The number of anilines is 2. The quantitative estimate of drug-likeness (QED) is 0.672. The highest BCUT2D eigenvalue weighted by molar-refractivity contribution is 7.93. The molecule has 0 atom stereocenters. The standard InChI is InChI=1S/C19H18F2N4O3S/c20-14-2-4-16(25-29(26,27)13-5-7-28-8-6-13)18(21)17(14)11-1-3-15-12(9-11)10-23-19(22)24-15/h1-4,9-10,13,25H,5-8H2,(H2,22,23,24). The fourth-order valence-electron chi connectivity index (χ4n) is 3.32. The van der Waals surface area contributed by atoms with Crippen molar-refractivity contribution in [1.82, 2.24) is 9.97 Å². The van der Waals surface area contributed by atoms with Crippen LogP contribution in [0.15, 0.2) is 36.5 Å². The van der Waals surface area contributed by atoms with Gasteiger partial charge in [-0.25, -0.2) is 27.2 Å². The maximum Gasteiger partial charge on any atom is 0.235 e. The van der Waals surface area contributed by atoms with E-state index in [1.165, 1.54) is 18.3 Å². The molecule has 4 rings (SSSR count). The molecule has 0 aliphatic carbocycles.